The van der Waals surface area contributed by atoms with E-state index in [0.29, 0.717) is 35.6 Å². The minimum Gasteiger partial charge on any atom is -0.466 e. The third-order valence-corrected chi connectivity index (χ3v) is 6.99. The molecule has 0 fully saturated rings. The van der Waals surface area contributed by atoms with Crippen LogP contribution in [-0.2, 0) is 15.9 Å². The monoisotopic (exact) mass is 551 g/mol. The molecule has 204 valence electrons. The number of amides is 1. The molecule has 1 unspecified atom stereocenters. The number of rotatable bonds is 13. The maximum absolute atomic E-state index is 12.5. The number of methoxy groups -OCH3 is 1. The van der Waals surface area contributed by atoms with Crippen LogP contribution in [0.25, 0.3) is 0 Å². The maximum Gasteiger partial charge on any atom is 0.408 e. The van der Waals surface area contributed by atoms with Crippen LogP contribution in [0.3, 0.4) is 0 Å². The zero-order chi connectivity index (χ0) is 27.6. The van der Waals surface area contributed by atoms with E-state index in [-0.39, 0.29) is 19.2 Å². The first-order valence-corrected chi connectivity index (χ1v) is 13.5. The Labute approximate surface area is 229 Å². The van der Waals surface area contributed by atoms with Crippen molar-refractivity contribution in [1.29, 1.82) is 0 Å². The number of halogens is 1. The van der Waals surface area contributed by atoms with Crippen molar-refractivity contribution in [2.75, 3.05) is 20.5 Å². The van der Waals surface area contributed by atoms with Crippen molar-refractivity contribution in [1.82, 2.24) is 5.32 Å². The molecule has 2 aromatic carbocycles. The van der Waals surface area contributed by atoms with Gasteiger partial charge in [-0.05, 0) is 82.9 Å². The first kappa shape index (κ1) is 31.0. The first-order valence-electron chi connectivity index (χ1n) is 12.3. The SMILES string of the molecule is CCCC(CO)(CCc1ccc(Sc2cc(C(C)=O)ccc2OCOC)cc1Cl)NC(=O)OC(C)(C)C. The first-order chi connectivity index (χ1) is 17.4. The molecule has 37 heavy (non-hydrogen) atoms. The Morgan fingerprint density at radius 3 is 2.41 bits per heavy atom. The van der Waals surface area contributed by atoms with Gasteiger partial charge in [-0.25, -0.2) is 4.79 Å². The molecule has 0 spiro atoms. The predicted molar refractivity (Wildman–Crippen MR) is 147 cm³/mol. The Kier molecular flexibility index (Phi) is 11.8. The van der Waals surface area contributed by atoms with Crippen molar-refractivity contribution in [3.63, 3.8) is 0 Å². The quantitative estimate of drug-likeness (QED) is 0.212. The summed E-state index contributed by atoms with van der Waals surface area (Å²) in [5.41, 5.74) is 0.0457. The maximum atomic E-state index is 12.5. The van der Waals surface area contributed by atoms with Crippen molar-refractivity contribution in [3.05, 3.63) is 52.5 Å². The number of nitrogens with one attached hydrogen (secondary N) is 1. The van der Waals surface area contributed by atoms with Gasteiger partial charge in [-0.3, -0.25) is 4.79 Å². The van der Waals surface area contributed by atoms with Gasteiger partial charge >= 0.3 is 6.09 Å². The molecule has 0 saturated carbocycles. The smallest absolute Gasteiger partial charge is 0.408 e. The van der Waals surface area contributed by atoms with Crippen molar-refractivity contribution in [3.8, 4) is 5.75 Å². The van der Waals surface area contributed by atoms with Crippen LogP contribution in [0.5, 0.6) is 5.75 Å². The second-order valence-corrected chi connectivity index (χ2v) is 11.5. The third kappa shape index (κ3) is 9.85. The number of alkyl carbamates (subject to hydrolysis) is 1. The molecule has 9 heteroatoms. The Morgan fingerprint density at radius 2 is 1.84 bits per heavy atom. The van der Waals surface area contributed by atoms with Crippen molar-refractivity contribution < 1.29 is 28.9 Å². The summed E-state index contributed by atoms with van der Waals surface area (Å²) in [5, 5.41) is 13.7. The minimum atomic E-state index is -0.811. The zero-order valence-corrected chi connectivity index (χ0v) is 24.1. The Hall–Kier alpha value is -2.26. The molecule has 0 heterocycles. The fraction of sp³-hybridized carbons (Fsp3) is 0.500. The van der Waals surface area contributed by atoms with Gasteiger partial charge in [0.05, 0.1) is 17.0 Å². The van der Waals surface area contributed by atoms with E-state index in [0.717, 1.165) is 21.8 Å². The fourth-order valence-electron chi connectivity index (χ4n) is 3.79. The number of carbonyl (C=O) groups excluding carboxylic acids is 2. The zero-order valence-electron chi connectivity index (χ0n) is 22.5. The highest BCUT2D eigenvalue weighted by Gasteiger charge is 2.32. The second-order valence-electron chi connectivity index (χ2n) is 9.94. The van der Waals surface area contributed by atoms with E-state index >= 15 is 0 Å². The average molecular weight is 552 g/mol. The van der Waals surface area contributed by atoms with Crippen LogP contribution in [0.4, 0.5) is 4.79 Å². The fourth-order valence-corrected chi connectivity index (χ4v) is 5.11. The summed E-state index contributed by atoms with van der Waals surface area (Å²) in [6.45, 7) is 8.82. The van der Waals surface area contributed by atoms with Crippen LogP contribution in [0.2, 0.25) is 5.02 Å². The van der Waals surface area contributed by atoms with E-state index in [4.69, 9.17) is 25.8 Å². The van der Waals surface area contributed by atoms with Gasteiger partial charge < -0.3 is 24.6 Å². The molecule has 0 bridgehead atoms. The number of Topliss-reactive ketones (excluding diaryl/α,β-unsaturated/α-hetero) is 1. The van der Waals surface area contributed by atoms with Gasteiger partial charge in [0.25, 0.3) is 0 Å². The number of ketones is 1. The van der Waals surface area contributed by atoms with Crippen LogP contribution in [0, 0.1) is 0 Å². The van der Waals surface area contributed by atoms with Crippen LogP contribution in [-0.4, -0.2) is 48.6 Å². The molecule has 1 amide bonds. The lowest BCUT2D eigenvalue weighted by atomic mass is 9.87. The number of ether oxygens (including phenoxy) is 3. The number of aliphatic hydroxyl groups excluding tert-OH is 1. The average Bonchev–Trinajstić information content (AvgIpc) is 2.81. The number of carbonyl (C=O) groups is 2. The lowest BCUT2D eigenvalue weighted by Crippen LogP contribution is -2.53. The van der Waals surface area contributed by atoms with Gasteiger partial charge in [0.15, 0.2) is 12.6 Å². The van der Waals surface area contributed by atoms with Gasteiger partial charge in [-0.15, -0.1) is 0 Å². The van der Waals surface area contributed by atoms with Gasteiger partial charge in [0.2, 0.25) is 0 Å². The number of benzene rings is 2. The standard InChI is InChI=1S/C28H38ClNO6S/c1-7-13-28(17-31,30-26(33)36-27(3,4)5)14-12-20-8-10-22(16-23(20)29)37-25-15-21(19(2)32)9-11-24(25)35-18-34-6/h8-11,15-16,31H,7,12-14,17-18H2,1-6H3,(H,30,33). The highest BCUT2D eigenvalue weighted by Crippen LogP contribution is 2.38. The molecule has 2 rings (SSSR count). The minimum absolute atomic E-state index is 0.0343. The van der Waals surface area contributed by atoms with E-state index < -0.39 is 17.2 Å². The Morgan fingerprint density at radius 1 is 1.11 bits per heavy atom. The summed E-state index contributed by atoms with van der Waals surface area (Å²) in [6.07, 6.45) is 1.89. The normalized spacial score (nSPS) is 13.1. The summed E-state index contributed by atoms with van der Waals surface area (Å²) in [7, 11) is 1.55. The molecule has 0 radical (unpaired) electrons. The number of aryl methyl sites for hydroxylation is 1. The topological polar surface area (TPSA) is 94.1 Å². The van der Waals surface area contributed by atoms with Crippen molar-refractivity contribution in [2.24, 2.45) is 0 Å². The molecular formula is C28H38ClNO6S. The second kappa shape index (κ2) is 14.0. The Bertz CT molecular complexity index is 1070. The number of hydrogen-bond donors (Lipinski definition) is 2. The lowest BCUT2D eigenvalue weighted by Gasteiger charge is -2.34. The van der Waals surface area contributed by atoms with Crippen LogP contribution in [0.1, 0.15) is 69.8 Å². The van der Waals surface area contributed by atoms with Gasteiger partial charge in [-0.2, -0.15) is 0 Å². The molecule has 0 aliphatic heterocycles. The molecule has 1 atom stereocenters. The molecule has 0 aliphatic rings. The van der Waals surface area contributed by atoms with Crippen LogP contribution >= 0.6 is 23.4 Å². The summed E-state index contributed by atoms with van der Waals surface area (Å²) in [5.74, 6) is 0.575. The molecular weight excluding hydrogens is 514 g/mol. The van der Waals surface area contributed by atoms with E-state index in [9.17, 15) is 14.7 Å². The van der Waals surface area contributed by atoms with E-state index in [2.05, 4.69) is 5.32 Å². The van der Waals surface area contributed by atoms with Gasteiger partial charge in [0.1, 0.15) is 11.4 Å². The molecule has 2 aromatic rings. The summed E-state index contributed by atoms with van der Waals surface area (Å²) in [6, 6.07) is 11.0. The van der Waals surface area contributed by atoms with E-state index in [1.165, 1.54) is 18.7 Å². The molecule has 0 saturated heterocycles. The Balaban J connectivity index is 2.20. The van der Waals surface area contributed by atoms with Crippen molar-refractivity contribution in [2.45, 2.75) is 81.2 Å². The van der Waals surface area contributed by atoms with E-state index in [1.807, 2.05) is 25.1 Å². The third-order valence-electron chi connectivity index (χ3n) is 5.61. The summed E-state index contributed by atoms with van der Waals surface area (Å²) in [4.78, 5) is 26.0. The van der Waals surface area contributed by atoms with Crippen LogP contribution in [0.15, 0.2) is 46.2 Å². The van der Waals surface area contributed by atoms with Gasteiger partial charge in [0, 0.05) is 22.6 Å². The van der Waals surface area contributed by atoms with Crippen molar-refractivity contribution >= 4 is 35.2 Å². The largest absolute Gasteiger partial charge is 0.466 e. The highest BCUT2D eigenvalue weighted by atomic mass is 35.5. The van der Waals surface area contributed by atoms with Gasteiger partial charge in [-0.1, -0.05) is 42.8 Å². The molecule has 2 N–H and O–H groups in total. The van der Waals surface area contributed by atoms with Crippen LogP contribution < -0.4 is 10.1 Å². The summed E-state index contributed by atoms with van der Waals surface area (Å²) < 4.78 is 16.1. The number of aliphatic hydroxyl groups is 1. The predicted octanol–water partition coefficient (Wildman–Crippen LogP) is 6.67. The number of hydrogen-bond acceptors (Lipinski definition) is 7. The van der Waals surface area contributed by atoms with E-state index in [1.54, 1.807) is 46.1 Å². The molecule has 0 aliphatic carbocycles. The molecule has 7 nitrogen and oxygen atoms in total. The summed E-state index contributed by atoms with van der Waals surface area (Å²) >= 11 is 8.09. The highest BCUT2D eigenvalue weighted by molar-refractivity contribution is 7.99. The lowest BCUT2D eigenvalue weighted by molar-refractivity contribution is 0.0373. The molecule has 0 aromatic heterocycles.